The van der Waals surface area contributed by atoms with Gasteiger partial charge in [0.05, 0.1) is 21.2 Å². The predicted molar refractivity (Wildman–Crippen MR) is 132 cm³/mol. The number of rotatable bonds is 6. The van der Waals surface area contributed by atoms with E-state index in [0.717, 1.165) is 34.7 Å². The second-order valence-corrected chi connectivity index (χ2v) is 10.3. The van der Waals surface area contributed by atoms with Gasteiger partial charge in [0.15, 0.2) is 0 Å². The highest BCUT2D eigenvalue weighted by molar-refractivity contribution is 7.92. The molecule has 1 aliphatic carbocycles. The fraction of sp³-hybridized carbons (Fsp3) is 0.125. The number of hydrogen-bond acceptors (Lipinski definition) is 7. The topological polar surface area (TPSA) is 96.3 Å². The third kappa shape index (κ3) is 4.50. The van der Waals surface area contributed by atoms with Crippen molar-refractivity contribution < 1.29 is 8.42 Å². The minimum absolute atomic E-state index is 0.170. The zero-order valence-corrected chi connectivity index (χ0v) is 19.5. The van der Waals surface area contributed by atoms with Gasteiger partial charge in [-0.15, -0.1) is 0 Å². The van der Waals surface area contributed by atoms with Crippen LogP contribution in [0.15, 0.2) is 82.9 Å². The predicted octanol–water partition coefficient (Wildman–Crippen LogP) is 5.08. The van der Waals surface area contributed by atoms with Crippen LogP contribution in [0.4, 0.5) is 10.9 Å². The van der Waals surface area contributed by atoms with Crippen molar-refractivity contribution in [2.75, 3.05) is 10.1 Å². The maximum Gasteiger partial charge on any atom is 0.263 e. The van der Waals surface area contributed by atoms with Gasteiger partial charge in [0, 0.05) is 11.8 Å². The summed E-state index contributed by atoms with van der Waals surface area (Å²) in [6.07, 6.45) is 3.45. The van der Waals surface area contributed by atoms with Gasteiger partial charge in [0.1, 0.15) is 5.82 Å². The van der Waals surface area contributed by atoms with Crippen LogP contribution in [0.3, 0.4) is 0 Å². The second kappa shape index (κ2) is 8.76. The Balaban J connectivity index is 1.33. The molecule has 2 N–H and O–H groups in total. The first-order chi connectivity index (χ1) is 16.0. The van der Waals surface area contributed by atoms with Gasteiger partial charge in [-0.3, -0.25) is 10.1 Å². The number of aryl methyl sites for hydroxylation is 2. The zero-order valence-electron chi connectivity index (χ0n) is 17.8. The summed E-state index contributed by atoms with van der Waals surface area (Å²) in [6.45, 7) is 1.93. The van der Waals surface area contributed by atoms with Gasteiger partial charge in [-0.1, -0.05) is 53.8 Å². The molecule has 0 saturated heterocycles. The Morgan fingerprint density at radius 2 is 1.76 bits per heavy atom. The summed E-state index contributed by atoms with van der Waals surface area (Å²) >= 11 is 1.49. The first-order valence-corrected chi connectivity index (χ1v) is 12.7. The van der Waals surface area contributed by atoms with Crippen molar-refractivity contribution >= 4 is 38.0 Å². The molecular formula is C24H21N5O2S2. The van der Waals surface area contributed by atoms with Gasteiger partial charge < -0.3 is 0 Å². The number of sulfonamides is 1. The van der Waals surface area contributed by atoms with Crippen molar-refractivity contribution in [1.29, 1.82) is 0 Å². The number of hydrazone groups is 1. The summed E-state index contributed by atoms with van der Waals surface area (Å²) in [5.74, 6) is 0.280. The van der Waals surface area contributed by atoms with Crippen molar-refractivity contribution in [1.82, 2.24) is 9.97 Å². The minimum Gasteiger partial charge on any atom is -0.263 e. The summed E-state index contributed by atoms with van der Waals surface area (Å²) in [6, 6.07) is 20.1. The van der Waals surface area contributed by atoms with E-state index in [2.05, 4.69) is 43.4 Å². The molecule has 0 radical (unpaired) electrons. The number of hydrogen-bond donors (Lipinski definition) is 2. The van der Waals surface area contributed by atoms with E-state index in [0.29, 0.717) is 5.13 Å². The van der Waals surface area contributed by atoms with Gasteiger partial charge in [-0.2, -0.15) is 5.10 Å². The molecule has 0 atom stereocenters. The summed E-state index contributed by atoms with van der Waals surface area (Å²) in [5.41, 5.74) is 8.41. The van der Waals surface area contributed by atoms with E-state index < -0.39 is 10.0 Å². The van der Waals surface area contributed by atoms with Gasteiger partial charge in [-0.05, 0) is 55.2 Å². The molecule has 33 heavy (non-hydrogen) atoms. The Labute approximate surface area is 196 Å². The summed E-state index contributed by atoms with van der Waals surface area (Å²) in [7, 11) is -3.71. The number of pyridine rings is 1. The molecule has 0 unspecified atom stereocenters. The van der Waals surface area contributed by atoms with Crippen LogP contribution in [0.5, 0.6) is 0 Å². The molecule has 166 valence electrons. The largest absolute Gasteiger partial charge is 0.263 e. The number of nitrogens with zero attached hydrogens (tertiary/aromatic N) is 3. The third-order valence-electron chi connectivity index (χ3n) is 5.37. The summed E-state index contributed by atoms with van der Waals surface area (Å²) in [4.78, 5) is 9.74. The molecule has 2 heterocycles. The molecule has 0 amide bonds. The number of thiazole rings is 1. The van der Waals surface area contributed by atoms with E-state index in [1.807, 2.05) is 13.0 Å². The Bertz CT molecular complexity index is 1430. The summed E-state index contributed by atoms with van der Waals surface area (Å²) in [5, 5.41) is 5.29. The molecule has 0 saturated carbocycles. The molecule has 0 bridgehead atoms. The molecule has 0 spiro atoms. The molecule has 7 nitrogen and oxygen atoms in total. The average Bonchev–Trinajstić information content (AvgIpc) is 3.41. The van der Waals surface area contributed by atoms with Crippen LogP contribution in [0.2, 0.25) is 0 Å². The Morgan fingerprint density at radius 3 is 2.55 bits per heavy atom. The highest BCUT2D eigenvalue weighted by Crippen LogP contribution is 2.33. The van der Waals surface area contributed by atoms with Crippen LogP contribution < -0.4 is 10.1 Å². The molecule has 0 fully saturated rings. The highest BCUT2D eigenvalue weighted by atomic mass is 32.2. The molecule has 0 aliphatic heterocycles. The van der Waals surface area contributed by atoms with Gasteiger partial charge >= 0.3 is 0 Å². The van der Waals surface area contributed by atoms with Crippen LogP contribution >= 0.6 is 11.3 Å². The van der Waals surface area contributed by atoms with Crippen LogP contribution in [0.25, 0.3) is 10.4 Å². The first-order valence-electron chi connectivity index (χ1n) is 10.4. The molecule has 2 aromatic carbocycles. The second-order valence-electron chi connectivity index (χ2n) is 7.61. The van der Waals surface area contributed by atoms with Crippen molar-refractivity contribution in [2.24, 2.45) is 5.10 Å². The van der Waals surface area contributed by atoms with E-state index in [1.54, 1.807) is 42.5 Å². The SMILES string of the molecule is Cc1nc(N/N=C2/CCc3ccccc32)sc1-c1ccc(S(=O)(=O)Nc2ccccn2)cc1. The quantitative estimate of drug-likeness (QED) is 0.379. The molecule has 9 heteroatoms. The monoisotopic (exact) mass is 475 g/mol. The lowest BCUT2D eigenvalue weighted by Gasteiger charge is -2.07. The van der Waals surface area contributed by atoms with Crippen LogP contribution in [-0.4, -0.2) is 24.1 Å². The maximum atomic E-state index is 12.6. The Kier molecular flexibility index (Phi) is 5.65. The van der Waals surface area contributed by atoms with Gasteiger partial charge in [0.25, 0.3) is 10.0 Å². The molecule has 1 aliphatic rings. The average molecular weight is 476 g/mol. The zero-order chi connectivity index (χ0) is 22.8. The van der Waals surface area contributed by atoms with E-state index >= 15 is 0 Å². The van der Waals surface area contributed by atoms with Crippen LogP contribution in [0, 0.1) is 6.92 Å². The van der Waals surface area contributed by atoms with Crippen LogP contribution in [-0.2, 0) is 16.4 Å². The fourth-order valence-corrected chi connectivity index (χ4v) is 5.68. The van der Waals surface area contributed by atoms with Crippen molar-refractivity contribution in [3.05, 3.63) is 89.7 Å². The van der Waals surface area contributed by atoms with Gasteiger partial charge in [-0.25, -0.2) is 18.4 Å². The molecule has 5 rings (SSSR count). The fourth-order valence-electron chi connectivity index (χ4n) is 3.76. The number of aromatic nitrogens is 2. The van der Waals surface area contributed by atoms with E-state index in [4.69, 9.17) is 0 Å². The molecule has 2 aromatic heterocycles. The molecular weight excluding hydrogens is 454 g/mol. The molecule has 4 aromatic rings. The van der Waals surface area contributed by atoms with E-state index in [9.17, 15) is 8.42 Å². The number of nitrogens with one attached hydrogen (secondary N) is 2. The lowest BCUT2D eigenvalue weighted by atomic mass is 10.1. The standard InChI is InChI=1S/C24H21N5O2S2/c1-16-23(32-24(26-16)28-27-21-14-11-17-6-2-3-7-20(17)21)18-9-12-19(13-10-18)33(30,31)29-22-8-4-5-15-25-22/h2-10,12-13,15H,11,14H2,1H3,(H,25,29)(H,26,28)/b27-21-. The van der Waals surface area contributed by atoms with Crippen LogP contribution in [0.1, 0.15) is 23.2 Å². The highest BCUT2D eigenvalue weighted by Gasteiger charge is 2.18. The maximum absolute atomic E-state index is 12.6. The third-order valence-corrected chi connectivity index (χ3v) is 7.85. The van der Waals surface area contributed by atoms with Crippen molar-refractivity contribution in [2.45, 2.75) is 24.7 Å². The smallest absolute Gasteiger partial charge is 0.263 e. The number of anilines is 2. The van der Waals surface area contributed by atoms with E-state index in [1.165, 1.54) is 28.7 Å². The normalized spacial score (nSPS) is 14.3. The van der Waals surface area contributed by atoms with Crippen molar-refractivity contribution in [3.8, 4) is 10.4 Å². The first kappa shape index (κ1) is 21.3. The number of benzene rings is 2. The Hall–Kier alpha value is -3.56. The van der Waals surface area contributed by atoms with Gasteiger partial charge in [0.2, 0.25) is 5.13 Å². The lowest BCUT2D eigenvalue weighted by molar-refractivity contribution is 0.601. The summed E-state index contributed by atoms with van der Waals surface area (Å²) < 4.78 is 27.8. The van der Waals surface area contributed by atoms with E-state index in [-0.39, 0.29) is 10.7 Å². The van der Waals surface area contributed by atoms with Crippen molar-refractivity contribution in [3.63, 3.8) is 0 Å². The lowest BCUT2D eigenvalue weighted by Crippen LogP contribution is -2.13. The number of fused-ring (bicyclic) bond motifs is 1. The minimum atomic E-state index is -3.71. The Morgan fingerprint density at radius 1 is 0.970 bits per heavy atom.